The van der Waals surface area contributed by atoms with Gasteiger partial charge in [-0.2, -0.15) is 6.07 Å². The number of rotatable bonds is 11. The Morgan fingerprint density at radius 3 is 2.02 bits per heavy atom. The van der Waals surface area contributed by atoms with E-state index in [-0.39, 0.29) is 38.5 Å². The molecular formula is C57H47F2N4OPt-3. The molecule has 0 N–H and O–H groups in total. The number of benzene rings is 7. The molecule has 9 aromatic rings. The van der Waals surface area contributed by atoms with Gasteiger partial charge in [0.05, 0.1) is 5.56 Å². The molecule has 0 atom stereocenters. The third kappa shape index (κ3) is 8.12. The quantitative estimate of drug-likeness (QED) is 0.121. The van der Waals surface area contributed by atoms with Gasteiger partial charge in [0.2, 0.25) is 0 Å². The molecule has 328 valence electrons. The summed E-state index contributed by atoms with van der Waals surface area (Å²) in [5.41, 5.74) is 11.3. The number of fused-ring (bicyclic) bond motifs is 4. The van der Waals surface area contributed by atoms with Crippen molar-refractivity contribution in [2.24, 2.45) is 0 Å². The van der Waals surface area contributed by atoms with E-state index in [2.05, 4.69) is 141 Å². The average Bonchev–Trinajstić information content (AvgIpc) is 3.85. The first kappa shape index (κ1) is 43.7. The van der Waals surface area contributed by atoms with Gasteiger partial charge in [-0.05, 0) is 106 Å². The second-order valence-electron chi connectivity index (χ2n) is 17.0. The predicted octanol–water partition coefficient (Wildman–Crippen LogP) is 15.8. The van der Waals surface area contributed by atoms with Crippen molar-refractivity contribution >= 4 is 44.6 Å². The van der Waals surface area contributed by atoms with Crippen LogP contribution in [0.5, 0.6) is 11.5 Å². The van der Waals surface area contributed by atoms with Crippen molar-refractivity contribution < 1.29 is 34.6 Å². The largest absolute Gasteiger partial charge is 0.509 e. The summed E-state index contributed by atoms with van der Waals surface area (Å²) < 4.78 is 39.6. The predicted molar refractivity (Wildman–Crippen MR) is 257 cm³/mol. The number of ether oxygens (including phenoxy) is 1. The van der Waals surface area contributed by atoms with E-state index in [0.29, 0.717) is 17.1 Å². The van der Waals surface area contributed by atoms with Gasteiger partial charge in [-0.1, -0.05) is 113 Å². The van der Waals surface area contributed by atoms with Gasteiger partial charge < -0.3 is 19.1 Å². The van der Waals surface area contributed by atoms with Crippen molar-refractivity contribution in [3.8, 4) is 39.6 Å². The molecule has 0 saturated carbocycles. The number of hydrogen-bond donors (Lipinski definition) is 0. The van der Waals surface area contributed by atoms with Crippen LogP contribution in [0.1, 0.15) is 69.6 Å². The van der Waals surface area contributed by atoms with Crippen LogP contribution in [0.2, 0.25) is 0 Å². The molecule has 10 rings (SSSR count). The fourth-order valence-electron chi connectivity index (χ4n) is 9.07. The Morgan fingerprint density at radius 2 is 1.31 bits per heavy atom. The first-order chi connectivity index (χ1) is 31.2. The van der Waals surface area contributed by atoms with Crippen molar-refractivity contribution in [2.45, 2.75) is 59.3 Å². The summed E-state index contributed by atoms with van der Waals surface area (Å²) >= 11 is 0. The summed E-state index contributed by atoms with van der Waals surface area (Å²) in [6.07, 6.45) is 3.90. The molecule has 7 aromatic carbocycles. The average molecular weight is 1040 g/mol. The zero-order valence-electron chi connectivity index (χ0n) is 36.8. The summed E-state index contributed by atoms with van der Waals surface area (Å²) in [5.74, 6) is 0.833. The summed E-state index contributed by atoms with van der Waals surface area (Å²) in [5, 5.41) is 2.18. The van der Waals surface area contributed by atoms with Gasteiger partial charge in [0, 0.05) is 61.3 Å². The second kappa shape index (κ2) is 18.1. The van der Waals surface area contributed by atoms with Crippen LogP contribution in [-0.4, -0.2) is 9.55 Å². The maximum Gasteiger partial charge on any atom is 0.135 e. The van der Waals surface area contributed by atoms with Crippen LogP contribution in [0.25, 0.3) is 49.9 Å². The Kier molecular flexibility index (Phi) is 12.2. The zero-order valence-corrected chi connectivity index (χ0v) is 39.1. The van der Waals surface area contributed by atoms with Crippen LogP contribution in [0.15, 0.2) is 152 Å². The Hall–Kier alpha value is -6.56. The van der Waals surface area contributed by atoms with E-state index in [1.54, 1.807) is 0 Å². The van der Waals surface area contributed by atoms with Crippen LogP contribution in [0, 0.1) is 30.4 Å². The maximum absolute atomic E-state index is 15.3. The van der Waals surface area contributed by atoms with Crippen LogP contribution in [-0.2, 0) is 27.5 Å². The van der Waals surface area contributed by atoms with Gasteiger partial charge in [-0.25, -0.2) is 13.8 Å². The minimum atomic E-state index is -0.581. The molecule has 65 heavy (non-hydrogen) atoms. The molecule has 5 nitrogen and oxygen atoms in total. The number of aryl methyl sites for hydroxylation is 1. The molecule has 3 heterocycles. The summed E-state index contributed by atoms with van der Waals surface area (Å²) in [4.78, 5) is 9.20. The number of para-hydroxylation sites is 3. The third-order valence-electron chi connectivity index (χ3n) is 12.1. The SMILES string of the molecule is CCCc1ccnc(-n2c3[c-]c(Oc4[c-]c(N5[CH-]N(c6c(C(C)C)cc(-c7c(F)cccc7F)cc6C(C)C)c6ccccc65)cc(-c5ccccc5)c4)ccc3c3ccccc32)c1.[Pt]. The van der Waals surface area contributed by atoms with Crippen molar-refractivity contribution in [1.82, 2.24) is 9.55 Å². The zero-order chi connectivity index (χ0) is 44.1. The van der Waals surface area contributed by atoms with Gasteiger partial charge in [-0.3, -0.25) is 0 Å². The number of nitrogens with zero attached hydrogens (tertiary/aromatic N) is 4. The molecule has 0 unspecified atom stereocenters. The molecule has 2 aromatic heterocycles. The van der Waals surface area contributed by atoms with Crippen molar-refractivity contribution in [3.63, 3.8) is 0 Å². The molecule has 0 spiro atoms. The van der Waals surface area contributed by atoms with Crippen molar-refractivity contribution in [2.75, 3.05) is 9.80 Å². The van der Waals surface area contributed by atoms with Crippen LogP contribution >= 0.6 is 0 Å². The minimum absolute atomic E-state index is 0. The molecular weight excluding hydrogens is 990 g/mol. The first-order valence-electron chi connectivity index (χ1n) is 22.0. The number of halogens is 2. The van der Waals surface area contributed by atoms with Gasteiger partial charge in [0.1, 0.15) is 17.5 Å². The molecule has 0 amide bonds. The van der Waals surface area contributed by atoms with Gasteiger partial charge >= 0.3 is 0 Å². The molecule has 0 saturated heterocycles. The van der Waals surface area contributed by atoms with E-state index in [0.717, 1.165) is 85.5 Å². The molecule has 1 aliphatic rings. The molecule has 0 fully saturated rings. The van der Waals surface area contributed by atoms with Crippen molar-refractivity contribution in [3.05, 3.63) is 199 Å². The molecule has 8 heteroatoms. The van der Waals surface area contributed by atoms with E-state index >= 15 is 8.78 Å². The van der Waals surface area contributed by atoms with E-state index in [1.807, 2.05) is 60.8 Å². The normalized spacial score (nSPS) is 12.4. The Morgan fingerprint density at radius 1 is 0.631 bits per heavy atom. The second-order valence-corrected chi connectivity index (χ2v) is 17.0. The van der Waals surface area contributed by atoms with Gasteiger partial charge in [0.25, 0.3) is 0 Å². The fourth-order valence-corrected chi connectivity index (χ4v) is 9.07. The van der Waals surface area contributed by atoms with Crippen LogP contribution in [0.3, 0.4) is 0 Å². The molecule has 0 aliphatic carbocycles. The molecule has 1 aliphatic heterocycles. The van der Waals surface area contributed by atoms with Gasteiger partial charge in [0.15, 0.2) is 0 Å². The summed E-state index contributed by atoms with van der Waals surface area (Å²) in [6, 6.07) is 54.6. The van der Waals surface area contributed by atoms with E-state index in [1.165, 1.54) is 23.8 Å². The summed E-state index contributed by atoms with van der Waals surface area (Å²) in [7, 11) is 0. The van der Waals surface area contributed by atoms with Gasteiger partial charge in [-0.15, -0.1) is 53.6 Å². The van der Waals surface area contributed by atoms with E-state index < -0.39 is 11.6 Å². The van der Waals surface area contributed by atoms with Crippen molar-refractivity contribution in [1.29, 1.82) is 0 Å². The van der Waals surface area contributed by atoms with Crippen LogP contribution < -0.4 is 14.5 Å². The Labute approximate surface area is 394 Å². The van der Waals surface area contributed by atoms with E-state index in [4.69, 9.17) is 9.72 Å². The number of anilines is 4. The molecule has 0 radical (unpaired) electrons. The van der Waals surface area contributed by atoms with Crippen LogP contribution in [0.4, 0.5) is 31.5 Å². The smallest absolute Gasteiger partial charge is 0.135 e. The number of aromatic nitrogens is 2. The minimum Gasteiger partial charge on any atom is -0.509 e. The number of hydrogen-bond acceptors (Lipinski definition) is 4. The summed E-state index contributed by atoms with van der Waals surface area (Å²) in [6.45, 7) is 12.8. The third-order valence-corrected chi connectivity index (χ3v) is 12.1. The van der Waals surface area contributed by atoms with E-state index in [9.17, 15) is 0 Å². The topological polar surface area (TPSA) is 33.5 Å². The standard InChI is InChI=1S/C57H47F2N4O.Pt/c1-6-15-38-26-27-60-55(28-38)63-51-21-11-10-18-45(51)46-25-24-43(34-54(46)63)64-44-30-40(39-16-8-7-9-17-39)29-42(33-44)61-35-62(53-23-13-12-22-52(53)61)57-47(36(2)3)31-41(32-48(57)37(4)5)56-49(58)19-14-20-50(56)59;/h7-14,16-32,35-37H,6,15H2,1-5H3;/q-3;. The molecule has 0 bridgehead atoms. The number of pyridine rings is 1. The fraction of sp³-hybridized carbons (Fsp3) is 0.158. The Balaban J connectivity index is 0.00000533. The Bertz CT molecular complexity index is 3150. The maximum atomic E-state index is 15.3. The monoisotopic (exact) mass is 1040 g/mol. The first-order valence-corrected chi connectivity index (χ1v) is 22.0.